The minimum absolute atomic E-state index is 0.332. The van der Waals surface area contributed by atoms with Crippen LogP contribution in [0.25, 0.3) is 55.1 Å². The van der Waals surface area contributed by atoms with E-state index >= 15 is 0 Å². The molecule has 0 amide bonds. The van der Waals surface area contributed by atoms with Gasteiger partial charge in [-0.2, -0.15) is 0 Å². The predicted octanol–water partition coefficient (Wildman–Crippen LogP) is 7.82. The summed E-state index contributed by atoms with van der Waals surface area (Å²) in [6.45, 7) is 1.86. The highest BCUT2D eigenvalue weighted by molar-refractivity contribution is 6.13. The fraction of sp³-hybridized carbons (Fsp3) is 0.129. The van der Waals surface area contributed by atoms with Crippen LogP contribution in [0.3, 0.4) is 0 Å². The summed E-state index contributed by atoms with van der Waals surface area (Å²) in [6.07, 6.45) is 1.74. The molecule has 2 nitrogen and oxygen atoms in total. The van der Waals surface area contributed by atoms with Gasteiger partial charge in [0, 0.05) is 26.5 Å². The van der Waals surface area contributed by atoms with Crippen LogP contribution in [0.5, 0.6) is 0 Å². The van der Waals surface area contributed by atoms with Gasteiger partial charge in [0.05, 0.1) is 5.56 Å². The fourth-order valence-corrected chi connectivity index (χ4v) is 4.81. The highest BCUT2D eigenvalue weighted by Crippen LogP contribution is 2.39. The molecule has 4 aromatic carbocycles. The first-order valence-corrected chi connectivity index (χ1v) is 11.2. The van der Waals surface area contributed by atoms with Gasteiger partial charge in [0.25, 0.3) is 0 Å². The maximum absolute atomic E-state index is 8.20. The third-order valence-corrected chi connectivity index (χ3v) is 6.61. The molecule has 2 heteroatoms. The lowest BCUT2D eigenvalue weighted by Crippen LogP contribution is -2.31. The fourth-order valence-electron chi connectivity index (χ4n) is 4.81. The van der Waals surface area contributed by atoms with Crippen molar-refractivity contribution < 1.29 is 13.1 Å². The van der Waals surface area contributed by atoms with Gasteiger partial charge in [-0.05, 0) is 60.3 Å². The molecule has 0 bridgehead atoms. The number of aromatic nitrogens is 1. The molecule has 0 radical (unpaired) electrons. The van der Waals surface area contributed by atoms with Crippen LogP contribution in [0.1, 0.15) is 20.8 Å². The second-order valence-corrected chi connectivity index (χ2v) is 8.89. The van der Waals surface area contributed by atoms with Crippen molar-refractivity contribution in [3.63, 3.8) is 0 Å². The number of hydrogen-bond donors (Lipinski definition) is 0. The molecule has 6 rings (SSSR count). The van der Waals surface area contributed by atoms with Gasteiger partial charge in [-0.15, -0.1) is 0 Å². The van der Waals surface area contributed by atoms with Gasteiger partial charge >= 0.3 is 0 Å². The van der Waals surface area contributed by atoms with Crippen molar-refractivity contribution in [2.45, 2.75) is 20.7 Å². The normalized spacial score (nSPS) is 13.4. The van der Waals surface area contributed by atoms with Gasteiger partial charge in [-0.1, -0.05) is 66.2 Å². The minimum Gasteiger partial charge on any atom is -0.455 e. The van der Waals surface area contributed by atoms with Crippen molar-refractivity contribution in [3.05, 3.63) is 102 Å². The molecule has 2 aromatic heterocycles. The molecular formula is C31H26NO+. The monoisotopic (exact) mass is 431 g/mol. The molecule has 2 heterocycles. The molecule has 0 atom stereocenters. The third-order valence-electron chi connectivity index (χ3n) is 6.61. The van der Waals surface area contributed by atoms with Crippen LogP contribution in [0.15, 0.2) is 89.5 Å². The predicted molar refractivity (Wildman–Crippen MR) is 137 cm³/mol. The van der Waals surface area contributed by atoms with Crippen molar-refractivity contribution in [2.75, 3.05) is 0 Å². The maximum Gasteiger partial charge on any atom is 0.216 e. The van der Waals surface area contributed by atoms with E-state index in [0.29, 0.717) is 11.1 Å². The van der Waals surface area contributed by atoms with Gasteiger partial charge in [-0.25, -0.2) is 4.57 Å². The lowest BCUT2D eigenvalue weighted by Gasteiger charge is -2.10. The molecule has 33 heavy (non-hydrogen) atoms. The maximum atomic E-state index is 8.20. The summed E-state index contributed by atoms with van der Waals surface area (Å²) in [5.41, 5.74) is 7.66. The van der Waals surface area contributed by atoms with Crippen LogP contribution in [0.4, 0.5) is 0 Å². The Morgan fingerprint density at radius 2 is 1.55 bits per heavy atom. The largest absolute Gasteiger partial charge is 0.455 e. The third kappa shape index (κ3) is 3.14. The van der Waals surface area contributed by atoms with E-state index in [1.54, 1.807) is 6.20 Å². The van der Waals surface area contributed by atoms with Crippen molar-refractivity contribution >= 4 is 32.7 Å². The number of hydrogen-bond acceptors (Lipinski definition) is 1. The molecule has 160 valence electrons. The van der Waals surface area contributed by atoms with Crippen molar-refractivity contribution in [2.24, 2.45) is 7.05 Å². The van der Waals surface area contributed by atoms with Crippen LogP contribution in [-0.2, 0) is 7.05 Å². The lowest BCUT2D eigenvalue weighted by molar-refractivity contribution is -0.660. The van der Waals surface area contributed by atoms with Crippen LogP contribution in [0, 0.1) is 20.7 Å². The summed E-state index contributed by atoms with van der Waals surface area (Å²) in [4.78, 5) is 0. The van der Waals surface area contributed by atoms with Crippen LogP contribution >= 0.6 is 0 Å². The van der Waals surface area contributed by atoms with E-state index in [1.807, 2.05) is 61.0 Å². The number of benzene rings is 4. The van der Waals surface area contributed by atoms with Gasteiger partial charge in [0.2, 0.25) is 5.69 Å². The Labute approximate surface area is 197 Å². The van der Waals surface area contributed by atoms with Crippen molar-refractivity contribution in [1.82, 2.24) is 0 Å². The number of nitrogens with zero attached hydrogens (tertiary/aromatic N) is 1. The summed E-state index contributed by atoms with van der Waals surface area (Å²) in [7, 11) is 1.90. The van der Waals surface area contributed by atoms with Gasteiger partial charge in [0.15, 0.2) is 6.20 Å². The van der Waals surface area contributed by atoms with Crippen LogP contribution in [-0.4, -0.2) is 0 Å². The summed E-state index contributed by atoms with van der Waals surface area (Å²) < 4.78 is 33.0. The molecule has 0 spiro atoms. The van der Waals surface area contributed by atoms with E-state index < -0.39 is 6.85 Å². The molecule has 0 saturated carbocycles. The Morgan fingerprint density at radius 1 is 0.788 bits per heavy atom. The standard InChI is InChI=1S/C31H26NO/c1-19-9-12-22(13-10-19)26-17-28(32(4)18-21(26)3)30-20(2)11-14-25-27-15-23-7-5-6-8-24(23)16-29(27)33-31(25)30/h5-18H,1-4H3/q+1/i3D3. The molecule has 0 saturated heterocycles. The first-order chi connectivity index (χ1) is 17.2. The summed E-state index contributed by atoms with van der Waals surface area (Å²) in [5, 5.41) is 4.43. The highest BCUT2D eigenvalue weighted by Gasteiger charge is 2.22. The Kier molecular flexibility index (Phi) is 3.70. The van der Waals surface area contributed by atoms with E-state index in [9.17, 15) is 0 Å². The smallest absolute Gasteiger partial charge is 0.216 e. The summed E-state index contributed by atoms with van der Waals surface area (Å²) in [6, 6.07) is 26.8. The summed E-state index contributed by atoms with van der Waals surface area (Å²) in [5.74, 6) is 0. The molecule has 0 fully saturated rings. The average molecular weight is 432 g/mol. The van der Waals surface area contributed by atoms with Gasteiger partial charge in [0.1, 0.15) is 18.2 Å². The van der Waals surface area contributed by atoms with E-state index in [-0.39, 0.29) is 0 Å². The summed E-state index contributed by atoms with van der Waals surface area (Å²) >= 11 is 0. The number of rotatable bonds is 2. The number of fused-ring (bicyclic) bond motifs is 4. The molecule has 0 N–H and O–H groups in total. The molecule has 0 unspecified atom stereocenters. The molecule has 0 aliphatic carbocycles. The molecule has 0 aliphatic heterocycles. The van der Waals surface area contributed by atoms with E-state index in [4.69, 9.17) is 8.53 Å². The zero-order valence-electron chi connectivity index (χ0n) is 21.9. The number of aryl methyl sites for hydroxylation is 4. The highest BCUT2D eigenvalue weighted by atomic mass is 16.3. The molecular weight excluding hydrogens is 402 g/mol. The Morgan fingerprint density at radius 3 is 2.30 bits per heavy atom. The van der Waals surface area contributed by atoms with Crippen molar-refractivity contribution in [1.29, 1.82) is 0 Å². The Bertz CT molecular complexity index is 1790. The van der Waals surface area contributed by atoms with E-state index in [1.165, 1.54) is 5.39 Å². The lowest BCUT2D eigenvalue weighted by atomic mass is 9.95. The van der Waals surface area contributed by atoms with E-state index in [2.05, 4.69) is 43.3 Å². The van der Waals surface area contributed by atoms with Crippen molar-refractivity contribution in [3.8, 4) is 22.4 Å². The second-order valence-electron chi connectivity index (χ2n) is 8.89. The second kappa shape index (κ2) is 7.31. The Balaban J connectivity index is 1.67. The van der Waals surface area contributed by atoms with Gasteiger partial charge in [-0.3, -0.25) is 0 Å². The zero-order chi connectivity index (χ0) is 25.2. The first kappa shape index (κ1) is 16.7. The SMILES string of the molecule is [2H]C([2H])([2H])c1c[n+](C)c(-c2c(C)ccc3c2oc2cc4ccccc4cc23)cc1-c1ccc(C)cc1. The molecule has 0 aliphatic rings. The van der Waals surface area contributed by atoms with Gasteiger partial charge < -0.3 is 4.42 Å². The first-order valence-electron chi connectivity index (χ1n) is 12.7. The number of furan rings is 1. The average Bonchev–Trinajstić information content (AvgIpc) is 3.20. The van der Waals surface area contributed by atoms with E-state index in [0.717, 1.165) is 55.3 Å². The molecule has 6 aromatic rings. The quantitative estimate of drug-likeness (QED) is 0.255. The minimum atomic E-state index is -2.24. The van der Waals surface area contributed by atoms with Crippen LogP contribution < -0.4 is 4.57 Å². The Hall–Kier alpha value is -3.91. The van der Waals surface area contributed by atoms with Crippen LogP contribution in [0.2, 0.25) is 0 Å². The zero-order valence-corrected chi connectivity index (χ0v) is 18.9. The number of pyridine rings is 1. The topological polar surface area (TPSA) is 17.0 Å².